The first kappa shape index (κ1) is 10.3. The van der Waals surface area contributed by atoms with E-state index in [4.69, 9.17) is 0 Å². The molecule has 3 aliphatic rings. The van der Waals surface area contributed by atoms with Gasteiger partial charge in [0.25, 0.3) is 0 Å². The highest BCUT2D eigenvalue weighted by Gasteiger charge is 2.30. The molecule has 1 unspecified atom stereocenters. The summed E-state index contributed by atoms with van der Waals surface area (Å²) in [5.41, 5.74) is 1.30. The highest BCUT2D eigenvalue weighted by Crippen LogP contribution is 2.26. The molecule has 0 amide bonds. The Hall–Kier alpha value is -0.830. The van der Waals surface area contributed by atoms with E-state index in [0.29, 0.717) is 5.78 Å². The molecule has 0 N–H and O–H groups in total. The second kappa shape index (κ2) is 4.21. The van der Waals surface area contributed by atoms with Crippen LogP contribution in [0, 0.1) is 0 Å². The highest BCUT2D eigenvalue weighted by molar-refractivity contribution is 5.92. The lowest BCUT2D eigenvalue weighted by atomic mass is 10.2. The zero-order valence-corrected chi connectivity index (χ0v) is 9.82. The third kappa shape index (κ3) is 1.88. The standard InChI is InChI=1S/C13H20N2O/c16-13-5-4-11(9-13)15-8-2-7-14-6-1-3-12(14)10-15/h9,12H,1-8,10H2. The summed E-state index contributed by atoms with van der Waals surface area (Å²) in [5.74, 6) is 0.322. The first-order chi connectivity index (χ1) is 7.83. The fourth-order valence-electron chi connectivity index (χ4n) is 3.30. The van der Waals surface area contributed by atoms with Crippen molar-refractivity contribution in [2.24, 2.45) is 0 Å². The Kier molecular flexibility index (Phi) is 2.72. The van der Waals surface area contributed by atoms with Gasteiger partial charge in [-0.3, -0.25) is 9.69 Å². The van der Waals surface area contributed by atoms with Crippen LogP contribution in [0.5, 0.6) is 0 Å². The van der Waals surface area contributed by atoms with Crippen molar-refractivity contribution >= 4 is 5.78 Å². The van der Waals surface area contributed by atoms with Gasteiger partial charge in [0.2, 0.25) is 0 Å². The number of hydrogen-bond donors (Lipinski definition) is 0. The Balaban J connectivity index is 1.71. The van der Waals surface area contributed by atoms with Gasteiger partial charge in [0.05, 0.1) is 0 Å². The van der Waals surface area contributed by atoms with Crippen molar-refractivity contribution in [3.63, 3.8) is 0 Å². The van der Waals surface area contributed by atoms with Gasteiger partial charge in [-0.25, -0.2) is 0 Å². The van der Waals surface area contributed by atoms with Gasteiger partial charge >= 0.3 is 0 Å². The summed E-state index contributed by atoms with van der Waals surface area (Å²) >= 11 is 0. The molecule has 1 atom stereocenters. The maximum absolute atomic E-state index is 11.3. The maximum atomic E-state index is 11.3. The van der Waals surface area contributed by atoms with Crippen molar-refractivity contribution in [3.8, 4) is 0 Å². The Morgan fingerprint density at radius 2 is 2.00 bits per heavy atom. The highest BCUT2D eigenvalue weighted by atomic mass is 16.1. The summed E-state index contributed by atoms with van der Waals surface area (Å²) in [5, 5.41) is 0. The molecule has 3 rings (SSSR count). The molecule has 3 nitrogen and oxygen atoms in total. The number of ketones is 1. The summed E-state index contributed by atoms with van der Waals surface area (Å²) < 4.78 is 0. The minimum absolute atomic E-state index is 0.322. The molecule has 2 heterocycles. The van der Waals surface area contributed by atoms with Crippen LogP contribution in [0.3, 0.4) is 0 Å². The molecule has 1 aliphatic carbocycles. The predicted molar refractivity (Wildman–Crippen MR) is 63.1 cm³/mol. The van der Waals surface area contributed by atoms with E-state index in [1.807, 2.05) is 6.08 Å². The van der Waals surface area contributed by atoms with Crippen molar-refractivity contribution in [2.45, 2.75) is 38.1 Å². The van der Waals surface area contributed by atoms with Crippen molar-refractivity contribution in [1.82, 2.24) is 9.80 Å². The average Bonchev–Trinajstić information content (AvgIpc) is 2.83. The lowest BCUT2D eigenvalue weighted by Gasteiger charge is -2.28. The van der Waals surface area contributed by atoms with E-state index in [-0.39, 0.29) is 0 Å². The molecule has 2 aliphatic heterocycles. The van der Waals surface area contributed by atoms with Gasteiger partial charge in [0.1, 0.15) is 0 Å². The van der Waals surface area contributed by atoms with Crippen LogP contribution in [0.1, 0.15) is 32.1 Å². The Morgan fingerprint density at radius 1 is 1.12 bits per heavy atom. The van der Waals surface area contributed by atoms with E-state index in [1.54, 1.807) is 0 Å². The van der Waals surface area contributed by atoms with Crippen molar-refractivity contribution in [2.75, 3.05) is 26.2 Å². The summed E-state index contributed by atoms with van der Waals surface area (Å²) in [7, 11) is 0. The quantitative estimate of drug-likeness (QED) is 0.667. The molecule has 2 saturated heterocycles. The van der Waals surface area contributed by atoms with Crippen LogP contribution >= 0.6 is 0 Å². The molecule has 0 spiro atoms. The number of fused-ring (bicyclic) bond motifs is 1. The zero-order valence-electron chi connectivity index (χ0n) is 9.82. The monoisotopic (exact) mass is 220 g/mol. The topological polar surface area (TPSA) is 23.6 Å². The number of rotatable bonds is 1. The van der Waals surface area contributed by atoms with E-state index in [1.165, 1.54) is 38.0 Å². The fraction of sp³-hybridized carbons (Fsp3) is 0.769. The first-order valence-electron chi connectivity index (χ1n) is 6.55. The largest absolute Gasteiger partial charge is 0.373 e. The van der Waals surface area contributed by atoms with Gasteiger partial charge in [-0.1, -0.05) is 0 Å². The third-order valence-corrected chi connectivity index (χ3v) is 4.16. The SMILES string of the molecule is O=C1C=C(N2CCCN3CCCC3C2)CC1. The van der Waals surface area contributed by atoms with Gasteiger partial charge in [-0.15, -0.1) is 0 Å². The molecule has 88 valence electrons. The smallest absolute Gasteiger partial charge is 0.157 e. The number of hydrogen-bond acceptors (Lipinski definition) is 3. The molecule has 0 radical (unpaired) electrons. The van der Waals surface area contributed by atoms with Crippen LogP contribution in [-0.4, -0.2) is 47.8 Å². The van der Waals surface area contributed by atoms with Gasteiger partial charge in [0.15, 0.2) is 5.78 Å². The van der Waals surface area contributed by atoms with Gasteiger partial charge in [-0.2, -0.15) is 0 Å². The Morgan fingerprint density at radius 3 is 2.81 bits per heavy atom. The van der Waals surface area contributed by atoms with E-state index in [9.17, 15) is 4.79 Å². The van der Waals surface area contributed by atoms with Crippen LogP contribution in [0.2, 0.25) is 0 Å². The van der Waals surface area contributed by atoms with Crippen molar-refractivity contribution in [1.29, 1.82) is 0 Å². The maximum Gasteiger partial charge on any atom is 0.157 e. The molecule has 0 saturated carbocycles. The lowest BCUT2D eigenvalue weighted by molar-refractivity contribution is -0.114. The first-order valence-corrected chi connectivity index (χ1v) is 6.55. The molecule has 0 bridgehead atoms. The van der Waals surface area contributed by atoms with E-state index >= 15 is 0 Å². The fourth-order valence-corrected chi connectivity index (χ4v) is 3.30. The molecule has 3 heteroatoms. The number of allylic oxidation sites excluding steroid dienone is 2. The van der Waals surface area contributed by atoms with Gasteiger partial charge in [-0.05, 0) is 32.2 Å². The van der Waals surface area contributed by atoms with E-state index in [0.717, 1.165) is 32.0 Å². The normalized spacial score (nSPS) is 31.5. The lowest BCUT2D eigenvalue weighted by Crippen LogP contribution is -2.36. The van der Waals surface area contributed by atoms with E-state index in [2.05, 4.69) is 9.80 Å². The minimum Gasteiger partial charge on any atom is -0.373 e. The third-order valence-electron chi connectivity index (χ3n) is 4.16. The molecule has 16 heavy (non-hydrogen) atoms. The summed E-state index contributed by atoms with van der Waals surface area (Å²) in [4.78, 5) is 16.4. The predicted octanol–water partition coefficient (Wildman–Crippen LogP) is 1.40. The Labute approximate surface area is 97.1 Å². The van der Waals surface area contributed by atoms with Crippen molar-refractivity contribution in [3.05, 3.63) is 11.8 Å². The van der Waals surface area contributed by atoms with Crippen molar-refractivity contribution < 1.29 is 4.79 Å². The molecule has 2 fully saturated rings. The van der Waals surface area contributed by atoms with Crippen LogP contribution in [0.4, 0.5) is 0 Å². The van der Waals surface area contributed by atoms with E-state index < -0.39 is 0 Å². The van der Waals surface area contributed by atoms with Crippen LogP contribution in [0.25, 0.3) is 0 Å². The molecule has 0 aromatic carbocycles. The van der Waals surface area contributed by atoms with Gasteiger partial charge in [0, 0.05) is 43.9 Å². The number of nitrogens with zero attached hydrogens (tertiary/aromatic N) is 2. The summed E-state index contributed by atoms with van der Waals surface area (Å²) in [6, 6.07) is 0.749. The molecular weight excluding hydrogens is 200 g/mol. The number of carbonyl (C=O) groups excluding carboxylic acids is 1. The summed E-state index contributed by atoms with van der Waals surface area (Å²) in [6.45, 7) is 4.84. The summed E-state index contributed by atoms with van der Waals surface area (Å²) in [6.07, 6.45) is 7.55. The Bertz CT molecular complexity index is 324. The zero-order chi connectivity index (χ0) is 11.0. The molecular formula is C13H20N2O. The molecule has 0 aromatic heterocycles. The van der Waals surface area contributed by atoms with Crippen LogP contribution in [0.15, 0.2) is 11.8 Å². The molecule has 0 aromatic rings. The second-order valence-electron chi connectivity index (χ2n) is 5.23. The number of carbonyl (C=O) groups is 1. The van der Waals surface area contributed by atoms with Crippen LogP contribution in [-0.2, 0) is 4.79 Å². The average molecular weight is 220 g/mol. The van der Waals surface area contributed by atoms with Crippen LogP contribution < -0.4 is 0 Å². The van der Waals surface area contributed by atoms with Gasteiger partial charge < -0.3 is 4.90 Å². The minimum atomic E-state index is 0.322. The second-order valence-corrected chi connectivity index (χ2v) is 5.23.